The van der Waals surface area contributed by atoms with Gasteiger partial charge >= 0.3 is 0 Å². The highest BCUT2D eigenvalue weighted by Gasteiger charge is 2.46. The molecule has 0 saturated carbocycles. The Morgan fingerprint density at radius 2 is 1.89 bits per heavy atom. The van der Waals surface area contributed by atoms with Gasteiger partial charge in [-0.2, -0.15) is 0 Å². The van der Waals surface area contributed by atoms with Gasteiger partial charge in [-0.3, -0.25) is 4.90 Å². The van der Waals surface area contributed by atoms with Crippen molar-refractivity contribution in [3.63, 3.8) is 0 Å². The van der Waals surface area contributed by atoms with Crippen LogP contribution in [0, 0.1) is 13.8 Å². The van der Waals surface area contributed by atoms with Crippen LogP contribution in [0.2, 0.25) is 0 Å². The van der Waals surface area contributed by atoms with Gasteiger partial charge in [0.15, 0.2) is 0 Å². The van der Waals surface area contributed by atoms with E-state index in [4.69, 9.17) is 9.97 Å². The number of anilines is 1. The van der Waals surface area contributed by atoms with Crippen LogP contribution in [0.5, 0.6) is 0 Å². The van der Waals surface area contributed by atoms with Crippen LogP contribution < -0.4 is 4.90 Å². The summed E-state index contributed by atoms with van der Waals surface area (Å²) in [5.74, 6) is 2.03. The summed E-state index contributed by atoms with van der Waals surface area (Å²) >= 11 is 0. The number of unbranched alkanes of at least 4 members (excludes halogenated alkanes) is 1. The summed E-state index contributed by atoms with van der Waals surface area (Å²) in [5.41, 5.74) is 5.17. The quantitative estimate of drug-likeness (QED) is 0.857. The summed E-state index contributed by atoms with van der Waals surface area (Å²) in [5, 5.41) is 0. The van der Waals surface area contributed by atoms with E-state index in [2.05, 4.69) is 40.5 Å². The maximum absolute atomic E-state index is 4.84. The van der Waals surface area contributed by atoms with Gasteiger partial charge < -0.3 is 9.88 Å². The molecule has 2 aromatic rings. The SMILES string of the molecule is CCCCN1CCc2[nH]cnc2C12CCN(c1nc(C)nc(C)c1CC)CC2. The van der Waals surface area contributed by atoms with Crippen molar-refractivity contribution in [1.29, 1.82) is 0 Å². The fraction of sp³-hybridized carbons (Fsp3) is 0.682. The van der Waals surface area contributed by atoms with Crippen LogP contribution in [0.3, 0.4) is 0 Å². The monoisotopic (exact) mass is 382 g/mol. The Morgan fingerprint density at radius 3 is 2.61 bits per heavy atom. The molecule has 152 valence electrons. The van der Waals surface area contributed by atoms with Crippen molar-refractivity contribution in [3.8, 4) is 0 Å². The molecule has 1 fully saturated rings. The van der Waals surface area contributed by atoms with E-state index in [1.807, 2.05) is 13.3 Å². The molecule has 6 nitrogen and oxygen atoms in total. The van der Waals surface area contributed by atoms with Gasteiger partial charge in [-0.15, -0.1) is 0 Å². The number of aromatic nitrogens is 4. The van der Waals surface area contributed by atoms with Crippen molar-refractivity contribution in [1.82, 2.24) is 24.8 Å². The molecule has 1 spiro atoms. The van der Waals surface area contributed by atoms with Gasteiger partial charge in [0.05, 0.1) is 17.6 Å². The van der Waals surface area contributed by atoms with E-state index in [-0.39, 0.29) is 5.54 Å². The highest BCUT2D eigenvalue weighted by atomic mass is 15.3. The number of hydrogen-bond donors (Lipinski definition) is 1. The molecule has 4 rings (SSSR count). The Labute approximate surface area is 168 Å². The second-order valence-corrected chi connectivity index (χ2v) is 8.35. The molecule has 6 heteroatoms. The average Bonchev–Trinajstić information content (AvgIpc) is 3.18. The van der Waals surface area contributed by atoms with E-state index in [0.717, 1.165) is 62.7 Å². The van der Waals surface area contributed by atoms with Gasteiger partial charge in [-0.25, -0.2) is 15.0 Å². The summed E-state index contributed by atoms with van der Waals surface area (Å²) < 4.78 is 0. The molecule has 0 atom stereocenters. The van der Waals surface area contributed by atoms with E-state index < -0.39 is 0 Å². The molecule has 1 N–H and O–H groups in total. The Morgan fingerprint density at radius 1 is 1.11 bits per heavy atom. The van der Waals surface area contributed by atoms with Crippen LogP contribution in [0.4, 0.5) is 5.82 Å². The van der Waals surface area contributed by atoms with Crippen molar-refractivity contribution in [2.45, 2.75) is 71.8 Å². The Bertz CT molecular complexity index is 818. The molecule has 0 aromatic carbocycles. The zero-order valence-corrected chi connectivity index (χ0v) is 17.9. The van der Waals surface area contributed by atoms with Crippen LogP contribution in [0.25, 0.3) is 0 Å². The normalized spacial score (nSPS) is 19.2. The highest BCUT2D eigenvalue weighted by molar-refractivity contribution is 5.50. The topological polar surface area (TPSA) is 60.9 Å². The molecular formula is C22H34N6. The largest absolute Gasteiger partial charge is 0.356 e. The minimum atomic E-state index is 0.0861. The molecular weight excluding hydrogens is 348 g/mol. The first-order chi connectivity index (χ1) is 13.6. The summed E-state index contributed by atoms with van der Waals surface area (Å²) in [7, 11) is 0. The Balaban J connectivity index is 1.62. The molecule has 2 aromatic heterocycles. The van der Waals surface area contributed by atoms with E-state index in [0.29, 0.717) is 0 Å². The smallest absolute Gasteiger partial charge is 0.135 e. The lowest BCUT2D eigenvalue weighted by molar-refractivity contribution is 0.0430. The van der Waals surface area contributed by atoms with Crippen LogP contribution in [-0.4, -0.2) is 51.0 Å². The molecule has 2 aliphatic heterocycles. The maximum atomic E-state index is 4.84. The van der Waals surface area contributed by atoms with E-state index in [1.165, 1.54) is 36.3 Å². The van der Waals surface area contributed by atoms with Gasteiger partial charge in [-0.05, 0) is 46.1 Å². The number of aryl methyl sites for hydroxylation is 2. The molecule has 0 aliphatic carbocycles. The van der Waals surface area contributed by atoms with Gasteiger partial charge in [0.1, 0.15) is 11.6 Å². The number of hydrogen-bond acceptors (Lipinski definition) is 5. The molecule has 0 bridgehead atoms. The average molecular weight is 383 g/mol. The summed E-state index contributed by atoms with van der Waals surface area (Å²) in [4.78, 5) is 22.9. The van der Waals surface area contributed by atoms with Crippen molar-refractivity contribution in [2.75, 3.05) is 31.1 Å². The number of nitrogens with one attached hydrogen (secondary N) is 1. The second-order valence-electron chi connectivity index (χ2n) is 8.35. The van der Waals surface area contributed by atoms with E-state index in [9.17, 15) is 0 Å². The Hall–Kier alpha value is -1.95. The third-order valence-corrected chi connectivity index (χ3v) is 6.73. The van der Waals surface area contributed by atoms with Gasteiger partial charge in [-0.1, -0.05) is 20.3 Å². The lowest BCUT2D eigenvalue weighted by Crippen LogP contribution is -2.57. The fourth-order valence-electron chi connectivity index (χ4n) is 5.23. The lowest BCUT2D eigenvalue weighted by atomic mass is 9.78. The molecule has 4 heterocycles. The molecule has 0 amide bonds. The van der Waals surface area contributed by atoms with E-state index in [1.54, 1.807) is 0 Å². The molecule has 2 aliphatic rings. The van der Waals surface area contributed by atoms with E-state index >= 15 is 0 Å². The number of nitrogens with zero attached hydrogens (tertiary/aromatic N) is 5. The van der Waals surface area contributed by atoms with Crippen LogP contribution in [-0.2, 0) is 18.4 Å². The summed E-state index contributed by atoms with van der Waals surface area (Å²) in [6, 6.07) is 0. The Kier molecular flexibility index (Phi) is 5.41. The first-order valence-corrected chi connectivity index (χ1v) is 11.0. The van der Waals surface area contributed by atoms with Crippen LogP contribution >= 0.6 is 0 Å². The fourth-order valence-corrected chi connectivity index (χ4v) is 5.23. The zero-order chi connectivity index (χ0) is 19.7. The lowest BCUT2D eigenvalue weighted by Gasteiger charge is -2.51. The standard InChI is InChI=1S/C22H34N6/c1-5-7-11-28-12-8-19-20(24-15-23-19)22(28)9-13-27(14-10-22)21-18(6-2)16(3)25-17(4)26-21/h15H,5-14H2,1-4H3,(H,23,24). The number of rotatable bonds is 5. The maximum Gasteiger partial charge on any atom is 0.135 e. The molecule has 0 unspecified atom stereocenters. The molecule has 1 saturated heterocycles. The predicted octanol–water partition coefficient (Wildman–Crippen LogP) is 3.53. The second kappa shape index (κ2) is 7.82. The highest BCUT2D eigenvalue weighted by Crippen LogP contribution is 2.43. The van der Waals surface area contributed by atoms with Gasteiger partial charge in [0.2, 0.25) is 0 Å². The minimum Gasteiger partial charge on any atom is -0.356 e. The summed E-state index contributed by atoms with van der Waals surface area (Å²) in [6.45, 7) is 13.0. The number of piperidine rings is 1. The number of fused-ring (bicyclic) bond motifs is 2. The van der Waals surface area contributed by atoms with Gasteiger partial charge in [0.25, 0.3) is 0 Å². The zero-order valence-electron chi connectivity index (χ0n) is 17.9. The number of aromatic amines is 1. The molecule has 0 radical (unpaired) electrons. The van der Waals surface area contributed by atoms with Crippen molar-refractivity contribution in [3.05, 3.63) is 34.8 Å². The van der Waals surface area contributed by atoms with Crippen molar-refractivity contribution >= 4 is 5.82 Å². The van der Waals surface area contributed by atoms with Crippen molar-refractivity contribution in [2.24, 2.45) is 0 Å². The first kappa shape index (κ1) is 19.4. The summed E-state index contributed by atoms with van der Waals surface area (Å²) in [6.07, 6.45) is 8.69. The number of H-pyrrole nitrogens is 1. The molecule has 28 heavy (non-hydrogen) atoms. The predicted molar refractivity (Wildman–Crippen MR) is 113 cm³/mol. The third-order valence-electron chi connectivity index (χ3n) is 6.73. The third kappa shape index (κ3) is 3.21. The number of imidazole rings is 1. The first-order valence-electron chi connectivity index (χ1n) is 11.0. The van der Waals surface area contributed by atoms with Crippen LogP contribution in [0.1, 0.15) is 68.0 Å². The minimum absolute atomic E-state index is 0.0861. The van der Waals surface area contributed by atoms with Crippen molar-refractivity contribution < 1.29 is 0 Å². The van der Waals surface area contributed by atoms with Crippen LogP contribution in [0.15, 0.2) is 6.33 Å². The van der Waals surface area contributed by atoms with Gasteiger partial charge in [0, 0.05) is 43.0 Å².